The maximum absolute atomic E-state index is 12.8. The lowest BCUT2D eigenvalue weighted by Gasteiger charge is -2.25. The highest BCUT2D eigenvalue weighted by Gasteiger charge is 2.32. The third-order valence-corrected chi connectivity index (χ3v) is 5.70. The fraction of sp³-hybridized carbons (Fsp3) is 0.450. The van der Waals surface area contributed by atoms with Crippen LogP contribution >= 0.6 is 0 Å². The summed E-state index contributed by atoms with van der Waals surface area (Å²) in [6, 6.07) is 7.65. The number of hydrogen-bond acceptors (Lipinski definition) is 6. The van der Waals surface area contributed by atoms with E-state index in [1.807, 2.05) is 31.3 Å². The van der Waals surface area contributed by atoms with Crippen molar-refractivity contribution in [3.8, 4) is 0 Å². The van der Waals surface area contributed by atoms with Crippen LogP contribution in [0.25, 0.3) is 10.9 Å². The molecule has 140 valence electrons. The van der Waals surface area contributed by atoms with Gasteiger partial charge in [-0.2, -0.15) is 0 Å². The molecule has 1 atom stereocenters. The summed E-state index contributed by atoms with van der Waals surface area (Å²) >= 11 is 0. The largest absolute Gasteiger partial charge is 0.376 e. The zero-order valence-electron chi connectivity index (χ0n) is 15.4. The molecule has 2 aromatic heterocycles. The molecule has 5 rings (SSSR count). The van der Waals surface area contributed by atoms with Crippen LogP contribution in [0, 0.1) is 0 Å². The normalized spacial score (nSPS) is 20.3. The summed E-state index contributed by atoms with van der Waals surface area (Å²) in [7, 11) is 1.82. The van der Waals surface area contributed by atoms with E-state index in [2.05, 4.69) is 10.1 Å². The van der Waals surface area contributed by atoms with Gasteiger partial charge in [-0.25, -0.2) is 4.98 Å². The second-order valence-corrected chi connectivity index (χ2v) is 7.31. The van der Waals surface area contributed by atoms with Crippen molar-refractivity contribution >= 4 is 10.9 Å². The lowest BCUT2D eigenvalue weighted by molar-refractivity contribution is 0.102. The number of benzene rings is 1. The van der Waals surface area contributed by atoms with Gasteiger partial charge in [-0.1, -0.05) is 17.3 Å². The molecule has 0 saturated carbocycles. The number of nitrogens with zero attached hydrogens (tertiary/aromatic N) is 4. The molecule has 0 bridgehead atoms. The van der Waals surface area contributed by atoms with E-state index in [0.29, 0.717) is 25.1 Å². The molecule has 27 heavy (non-hydrogen) atoms. The molecule has 3 aromatic rings. The Morgan fingerprint density at radius 1 is 1.30 bits per heavy atom. The SMILES string of the molecule is Cn1c(C2CCCN2Cc2noc3c2COCC3)nc2ccccc2c1=O. The molecule has 0 N–H and O–H groups in total. The Hall–Kier alpha value is -2.51. The maximum Gasteiger partial charge on any atom is 0.261 e. The van der Waals surface area contributed by atoms with Crippen LogP contribution in [-0.4, -0.2) is 32.8 Å². The Balaban J connectivity index is 1.50. The molecule has 2 aliphatic heterocycles. The number of ether oxygens (including phenoxy) is 1. The molecule has 4 heterocycles. The van der Waals surface area contributed by atoms with Gasteiger partial charge in [-0.15, -0.1) is 0 Å². The Morgan fingerprint density at radius 3 is 3.11 bits per heavy atom. The van der Waals surface area contributed by atoms with Crippen molar-refractivity contribution in [3.63, 3.8) is 0 Å². The van der Waals surface area contributed by atoms with Crippen molar-refractivity contribution < 1.29 is 9.26 Å². The summed E-state index contributed by atoms with van der Waals surface area (Å²) in [4.78, 5) is 20.0. The first kappa shape index (κ1) is 16.6. The minimum absolute atomic E-state index is 0.00895. The molecule has 0 amide bonds. The van der Waals surface area contributed by atoms with E-state index < -0.39 is 0 Å². The van der Waals surface area contributed by atoms with Crippen LogP contribution in [0.4, 0.5) is 0 Å². The van der Waals surface area contributed by atoms with Crippen LogP contribution in [0.1, 0.15) is 41.7 Å². The number of hydrogen-bond donors (Lipinski definition) is 0. The zero-order valence-corrected chi connectivity index (χ0v) is 15.4. The smallest absolute Gasteiger partial charge is 0.261 e. The van der Waals surface area contributed by atoms with Gasteiger partial charge in [0.25, 0.3) is 5.56 Å². The van der Waals surface area contributed by atoms with E-state index >= 15 is 0 Å². The van der Waals surface area contributed by atoms with E-state index in [9.17, 15) is 4.79 Å². The molecular weight excluding hydrogens is 344 g/mol. The summed E-state index contributed by atoms with van der Waals surface area (Å²) in [5, 5.41) is 4.96. The maximum atomic E-state index is 12.8. The summed E-state index contributed by atoms with van der Waals surface area (Å²) < 4.78 is 12.8. The van der Waals surface area contributed by atoms with Gasteiger partial charge in [0.15, 0.2) is 0 Å². The van der Waals surface area contributed by atoms with E-state index in [-0.39, 0.29) is 11.6 Å². The fourth-order valence-corrected chi connectivity index (χ4v) is 4.24. The third kappa shape index (κ3) is 2.78. The van der Waals surface area contributed by atoms with Crippen LogP contribution < -0.4 is 5.56 Å². The van der Waals surface area contributed by atoms with Crippen molar-refractivity contribution in [2.45, 2.75) is 38.5 Å². The van der Waals surface area contributed by atoms with E-state index in [1.165, 1.54) is 0 Å². The molecule has 0 aliphatic carbocycles. The molecule has 1 saturated heterocycles. The van der Waals surface area contributed by atoms with Crippen molar-refractivity contribution in [2.75, 3.05) is 13.2 Å². The number of rotatable bonds is 3. The van der Waals surface area contributed by atoms with Gasteiger partial charge in [0.2, 0.25) is 0 Å². The highest BCUT2D eigenvalue weighted by molar-refractivity contribution is 5.77. The summed E-state index contributed by atoms with van der Waals surface area (Å²) in [5.74, 6) is 1.77. The Labute approximate surface area is 156 Å². The quantitative estimate of drug-likeness (QED) is 0.708. The van der Waals surface area contributed by atoms with Crippen molar-refractivity contribution in [2.24, 2.45) is 7.05 Å². The summed E-state index contributed by atoms with van der Waals surface area (Å²) in [6.45, 7) is 2.90. The first-order valence-corrected chi connectivity index (χ1v) is 9.46. The highest BCUT2D eigenvalue weighted by atomic mass is 16.5. The van der Waals surface area contributed by atoms with Gasteiger partial charge >= 0.3 is 0 Å². The van der Waals surface area contributed by atoms with E-state index in [0.717, 1.165) is 54.2 Å². The molecule has 7 nitrogen and oxygen atoms in total. The Morgan fingerprint density at radius 2 is 2.19 bits per heavy atom. The average molecular weight is 366 g/mol. The predicted molar refractivity (Wildman–Crippen MR) is 99.2 cm³/mol. The monoisotopic (exact) mass is 366 g/mol. The molecule has 1 fully saturated rings. The molecule has 1 aromatic carbocycles. The minimum atomic E-state index is 0.00895. The molecular formula is C20H22N4O3. The molecule has 0 radical (unpaired) electrons. The molecule has 1 unspecified atom stereocenters. The Bertz CT molecular complexity index is 1060. The van der Waals surface area contributed by atoms with Crippen LogP contribution in [0.5, 0.6) is 0 Å². The first-order chi connectivity index (χ1) is 13.2. The molecule has 2 aliphatic rings. The van der Waals surface area contributed by atoms with Crippen molar-refractivity contribution in [1.82, 2.24) is 19.6 Å². The first-order valence-electron chi connectivity index (χ1n) is 9.46. The fourth-order valence-electron chi connectivity index (χ4n) is 4.24. The van der Waals surface area contributed by atoms with Crippen LogP contribution in [0.2, 0.25) is 0 Å². The number of fused-ring (bicyclic) bond motifs is 2. The van der Waals surface area contributed by atoms with Crippen LogP contribution in [0.3, 0.4) is 0 Å². The van der Waals surface area contributed by atoms with Crippen molar-refractivity contribution in [3.05, 3.63) is 57.5 Å². The lowest BCUT2D eigenvalue weighted by atomic mass is 10.1. The van der Waals surface area contributed by atoms with Crippen LogP contribution in [-0.2, 0) is 31.4 Å². The van der Waals surface area contributed by atoms with Crippen LogP contribution in [0.15, 0.2) is 33.6 Å². The molecule has 0 spiro atoms. The second-order valence-electron chi connectivity index (χ2n) is 7.31. The lowest BCUT2D eigenvalue weighted by Crippen LogP contribution is -2.31. The summed E-state index contributed by atoms with van der Waals surface area (Å²) in [6.07, 6.45) is 2.84. The number of para-hydroxylation sites is 1. The minimum Gasteiger partial charge on any atom is -0.376 e. The topological polar surface area (TPSA) is 73.4 Å². The highest BCUT2D eigenvalue weighted by Crippen LogP contribution is 2.33. The van der Waals surface area contributed by atoms with Gasteiger partial charge in [0.1, 0.15) is 17.3 Å². The van der Waals surface area contributed by atoms with E-state index in [4.69, 9.17) is 14.2 Å². The zero-order chi connectivity index (χ0) is 18.4. The van der Waals surface area contributed by atoms with E-state index in [1.54, 1.807) is 4.57 Å². The van der Waals surface area contributed by atoms with Gasteiger partial charge in [-0.05, 0) is 31.5 Å². The second kappa shape index (κ2) is 6.58. The van der Waals surface area contributed by atoms with Gasteiger partial charge in [-0.3, -0.25) is 14.3 Å². The Kier molecular flexibility index (Phi) is 4.06. The van der Waals surface area contributed by atoms with Gasteiger partial charge in [0, 0.05) is 25.6 Å². The van der Waals surface area contributed by atoms with Gasteiger partial charge < -0.3 is 9.26 Å². The third-order valence-electron chi connectivity index (χ3n) is 5.70. The molecule has 7 heteroatoms. The number of aromatic nitrogens is 3. The number of likely N-dealkylation sites (tertiary alicyclic amines) is 1. The standard InChI is InChI=1S/C20H22N4O3/c1-23-19(21-15-6-3-2-5-13(15)20(23)25)17-7-4-9-24(17)11-16-14-12-26-10-8-18(14)27-22-16/h2-3,5-6,17H,4,7-12H2,1H3. The van der Waals surface area contributed by atoms with Gasteiger partial charge in [0.05, 0.1) is 30.2 Å². The predicted octanol–water partition coefficient (Wildman–Crippen LogP) is 2.33. The average Bonchev–Trinajstić information content (AvgIpc) is 3.32. The van der Waals surface area contributed by atoms with Crippen molar-refractivity contribution in [1.29, 1.82) is 0 Å². The summed E-state index contributed by atoms with van der Waals surface area (Å²) in [5.41, 5.74) is 2.80.